The number of rotatable bonds is 2. The molecule has 1 aliphatic rings. The van der Waals surface area contributed by atoms with Crippen molar-refractivity contribution in [3.63, 3.8) is 0 Å². The van der Waals surface area contributed by atoms with Crippen molar-refractivity contribution in [1.29, 1.82) is 0 Å². The quantitative estimate of drug-likeness (QED) is 0.836. The Hall–Kier alpha value is -2.62. The van der Waals surface area contributed by atoms with Gasteiger partial charge in [0.1, 0.15) is 0 Å². The number of aryl methyl sites for hydroxylation is 4. The number of hydrogen-bond donors (Lipinski definition) is 1. The van der Waals surface area contributed by atoms with Gasteiger partial charge in [0.05, 0.1) is 5.56 Å². The van der Waals surface area contributed by atoms with Crippen LogP contribution in [0.25, 0.3) is 0 Å². The zero-order valence-electron chi connectivity index (χ0n) is 15.5. The zero-order valence-corrected chi connectivity index (χ0v) is 15.5. The van der Waals surface area contributed by atoms with Crippen molar-refractivity contribution in [3.05, 3.63) is 69.8 Å². The summed E-state index contributed by atoms with van der Waals surface area (Å²) >= 11 is 0. The van der Waals surface area contributed by atoms with Gasteiger partial charge in [-0.25, -0.2) is 4.79 Å². The van der Waals surface area contributed by atoms with Gasteiger partial charge in [0, 0.05) is 18.2 Å². The van der Waals surface area contributed by atoms with E-state index in [1.54, 1.807) is 12.1 Å². The predicted molar refractivity (Wildman–Crippen MR) is 99.3 cm³/mol. The lowest BCUT2D eigenvalue weighted by Gasteiger charge is -2.05. The molecule has 0 bridgehead atoms. The molecule has 1 heterocycles. The average Bonchev–Trinajstić information content (AvgIpc) is 3.22. The van der Waals surface area contributed by atoms with E-state index in [9.17, 15) is 9.59 Å². The zero-order chi connectivity index (χ0) is 18.7. The van der Waals surface area contributed by atoms with Gasteiger partial charge in [-0.05, 0) is 58.9 Å². The van der Waals surface area contributed by atoms with E-state index in [0.717, 1.165) is 34.4 Å². The highest BCUT2D eigenvalue weighted by Crippen LogP contribution is 2.21. The third kappa shape index (κ3) is 5.18. The van der Waals surface area contributed by atoms with Crippen LogP contribution < -0.4 is 0 Å². The van der Waals surface area contributed by atoms with Crippen molar-refractivity contribution in [2.45, 2.75) is 40.7 Å². The summed E-state index contributed by atoms with van der Waals surface area (Å²) in [7, 11) is 0. The molecule has 3 rings (SSSR count). The standard InChI is InChI=1S/C12H15NO.C9H10O2/c1-8-4-9(2)6-11(5-8)12(14)13-7-10(13)3;1-6-3-7(2)5-8(4-6)9(10)11/h4-6,10H,7H2,1-3H3;3-5H,1-2H3,(H,10,11). The minimum Gasteiger partial charge on any atom is -0.478 e. The number of benzene rings is 2. The van der Waals surface area contributed by atoms with Crippen LogP contribution in [0.2, 0.25) is 0 Å². The highest BCUT2D eigenvalue weighted by Gasteiger charge is 2.34. The maximum atomic E-state index is 11.8. The van der Waals surface area contributed by atoms with E-state index in [1.807, 2.05) is 50.8 Å². The Morgan fingerprint density at radius 2 is 1.20 bits per heavy atom. The van der Waals surface area contributed by atoms with E-state index in [0.29, 0.717) is 11.6 Å². The number of carboxylic acid groups (broad SMARTS) is 1. The second kappa shape index (κ2) is 7.51. The van der Waals surface area contributed by atoms with Crippen molar-refractivity contribution < 1.29 is 14.7 Å². The monoisotopic (exact) mass is 339 g/mol. The van der Waals surface area contributed by atoms with Crippen LogP contribution in [0.5, 0.6) is 0 Å². The molecule has 1 aliphatic heterocycles. The molecule has 1 saturated heterocycles. The first kappa shape index (κ1) is 18.7. The maximum absolute atomic E-state index is 11.8. The first-order valence-corrected chi connectivity index (χ1v) is 8.38. The molecule has 4 heteroatoms. The van der Waals surface area contributed by atoms with Crippen molar-refractivity contribution in [1.82, 2.24) is 4.90 Å². The van der Waals surface area contributed by atoms with E-state index < -0.39 is 5.97 Å². The van der Waals surface area contributed by atoms with Crippen LogP contribution in [0.1, 0.15) is 49.9 Å². The Morgan fingerprint density at radius 1 is 0.840 bits per heavy atom. The van der Waals surface area contributed by atoms with E-state index in [1.165, 1.54) is 0 Å². The highest BCUT2D eigenvalue weighted by atomic mass is 16.4. The number of hydrogen-bond acceptors (Lipinski definition) is 2. The first-order chi connectivity index (χ1) is 11.7. The molecule has 1 unspecified atom stereocenters. The molecule has 0 aliphatic carbocycles. The Kier molecular flexibility index (Phi) is 5.62. The molecule has 1 atom stereocenters. The van der Waals surface area contributed by atoms with E-state index in [2.05, 4.69) is 13.0 Å². The summed E-state index contributed by atoms with van der Waals surface area (Å²) in [6.45, 7) is 10.8. The summed E-state index contributed by atoms with van der Waals surface area (Å²) < 4.78 is 0. The minimum atomic E-state index is -0.864. The van der Waals surface area contributed by atoms with Gasteiger partial charge in [0.2, 0.25) is 0 Å². The van der Waals surface area contributed by atoms with Crippen LogP contribution in [-0.2, 0) is 0 Å². The number of aromatic carboxylic acids is 1. The molecular formula is C21H25NO3. The summed E-state index contributed by atoms with van der Waals surface area (Å²) in [4.78, 5) is 24.2. The lowest BCUT2D eigenvalue weighted by Crippen LogP contribution is -2.12. The van der Waals surface area contributed by atoms with Crippen molar-refractivity contribution in [2.75, 3.05) is 6.54 Å². The first-order valence-electron chi connectivity index (χ1n) is 8.38. The number of carboxylic acids is 1. The van der Waals surface area contributed by atoms with Gasteiger partial charge < -0.3 is 10.0 Å². The molecular weight excluding hydrogens is 314 g/mol. The Morgan fingerprint density at radius 3 is 1.52 bits per heavy atom. The topological polar surface area (TPSA) is 57.4 Å². The number of amides is 1. The molecule has 1 N–H and O–H groups in total. The fourth-order valence-electron chi connectivity index (χ4n) is 2.88. The lowest BCUT2D eigenvalue weighted by atomic mass is 10.1. The van der Waals surface area contributed by atoms with Crippen LogP contribution in [0, 0.1) is 27.7 Å². The molecule has 1 amide bonds. The number of carbonyl (C=O) groups is 2. The minimum absolute atomic E-state index is 0.171. The van der Waals surface area contributed by atoms with Gasteiger partial charge in [-0.3, -0.25) is 4.79 Å². The van der Waals surface area contributed by atoms with Crippen LogP contribution in [0.15, 0.2) is 36.4 Å². The predicted octanol–water partition coefficient (Wildman–Crippen LogP) is 4.15. The summed E-state index contributed by atoms with van der Waals surface area (Å²) in [5.41, 5.74) is 5.48. The smallest absolute Gasteiger partial charge is 0.335 e. The van der Waals surface area contributed by atoms with Gasteiger partial charge in [0.15, 0.2) is 0 Å². The normalized spacial score (nSPS) is 15.2. The van der Waals surface area contributed by atoms with Crippen LogP contribution in [0.3, 0.4) is 0 Å². The highest BCUT2D eigenvalue weighted by molar-refractivity contribution is 5.96. The van der Waals surface area contributed by atoms with Gasteiger partial charge in [-0.1, -0.05) is 34.4 Å². The van der Waals surface area contributed by atoms with Crippen LogP contribution >= 0.6 is 0 Å². The molecule has 2 aromatic carbocycles. The average molecular weight is 339 g/mol. The van der Waals surface area contributed by atoms with Gasteiger partial charge in [-0.15, -0.1) is 0 Å². The van der Waals surface area contributed by atoms with E-state index in [-0.39, 0.29) is 5.91 Å². The molecule has 0 radical (unpaired) electrons. The van der Waals surface area contributed by atoms with E-state index in [4.69, 9.17) is 5.11 Å². The molecule has 0 saturated carbocycles. The summed E-state index contributed by atoms with van der Waals surface area (Å²) in [5, 5.41) is 8.63. The molecule has 25 heavy (non-hydrogen) atoms. The number of carbonyl (C=O) groups excluding carboxylic acids is 1. The third-order valence-corrected chi connectivity index (χ3v) is 4.06. The van der Waals surface area contributed by atoms with Crippen molar-refractivity contribution in [3.8, 4) is 0 Å². The molecule has 132 valence electrons. The summed E-state index contributed by atoms with van der Waals surface area (Å²) in [5.74, 6) is -0.693. The summed E-state index contributed by atoms with van der Waals surface area (Å²) in [6.07, 6.45) is 0. The maximum Gasteiger partial charge on any atom is 0.335 e. The fraction of sp³-hybridized carbons (Fsp3) is 0.333. The van der Waals surface area contributed by atoms with Crippen LogP contribution in [-0.4, -0.2) is 34.5 Å². The molecule has 4 nitrogen and oxygen atoms in total. The Balaban J connectivity index is 0.000000186. The van der Waals surface area contributed by atoms with Gasteiger partial charge in [0.25, 0.3) is 5.91 Å². The molecule has 2 aromatic rings. The lowest BCUT2D eigenvalue weighted by molar-refractivity contribution is 0.0696. The Bertz CT molecular complexity index is 770. The SMILES string of the molecule is Cc1cc(C)cc(C(=O)N2CC2C)c1.Cc1cc(C)cc(C(=O)O)c1. The van der Waals surface area contributed by atoms with Gasteiger partial charge in [-0.2, -0.15) is 0 Å². The number of nitrogens with zero attached hydrogens (tertiary/aromatic N) is 1. The van der Waals surface area contributed by atoms with Gasteiger partial charge >= 0.3 is 5.97 Å². The largest absolute Gasteiger partial charge is 0.478 e. The second-order valence-corrected chi connectivity index (χ2v) is 6.86. The van der Waals surface area contributed by atoms with Crippen molar-refractivity contribution in [2.24, 2.45) is 0 Å². The second-order valence-electron chi connectivity index (χ2n) is 6.86. The third-order valence-electron chi connectivity index (χ3n) is 4.06. The summed E-state index contributed by atoms with van der Waals surface area (Å²) in [6, 6.07) is 11.7. The Labute approximate surface area is 149 Å². The molecule has 0 spiro atoms. The van der Waals surface area contributed by atoms with Crippen molar-refractivity contribution >= 4 is 11.9 Å². The molecule has 1 fully saturated rings. The molecule has 0 aromatic heterocycles. The van der Waals surface area contributed by atoms with E-state index >= 15 is 0 Å². The fourth-order valence-corrected chi connectivity index (χ4v) is 2.88. The van der Waals surface area contributed by atoms with Crippen LogP contribution in [0.4, 0.5) is 0 Å².